The van der Waals surface area contributed by atoms with Gasteiger partial charge in [0.25, 0.3) is 5.91 Å². The van der Waals surface area contributed by atoms with Gasteiger partial charge < -0.3 is 10.0 Å². The van der Waals surface area contributed by atoms with Crippen LogP contribution in [0.15, 0.2) is 24.3 Å². The molecule has 0 radical (unpaired) electrons. The number of carbonyl (C=O) groups is 1. The summed E-state index contributed by atoms with van der Waals surface area (Å²) in [4.78, 5) is 12.7. The number of halogens is 1. The first-order valence-electron chi connectivity index (χ1n) is 4.80. The molecule has 2 atom stereocenters. The molecule has 0 unspecified atom stereocenters. The van der Waals surface area contributed by atoms with Crippen molar-refractivity contribution >= 4 is 5.91 Å². The number of likely N-dealkylation sites (N-methyl/N-ethyl adjacent to an activating group) is 1. The lowest BCUT2D eigenvalue weighted by Crippen LogP contribution is -2.27. The molecule has 1 aliphatic heterocycles. The molecule has 0 saturated carbocycles. The Hall–Kier alpha value is -1.42. The molecule has 1 aromatic rings. The molecule has 1 saturated heterocycles. The van der Waals surface area contributed by atoms with Gasteiger partial charge in [-0.25, -0.2) is 4.39 Å². The molecule has 1 fully saturated rings. The highest BCUT2D eigenvalue weighted by molar-refractivity contribution is 5.83. The average molecular weight is 209 g/mol. The Morgan fingerprint density at radius 2 is 2.13 bits per heavy atom. The fraction of sp³-hybridized carbons (Fsp3) is 0.364. The average Bonchev–Trinajstić information content (AvgIpc) is 2.47. The van der Waals surface area contributed by atoms with Crippen molar-refractivity contribution in [2.24, 2.45) is 0 Å². The number of nitrogens with zero attached hydrogens (tertiary/aromatic N) is 1. The second kappa shape index (κ2) is 3.62. The van der Waals surface area contributed by atoms with E-state index in [0.29, 0.717) is 5.56 Å². The molecule has 2 rings (SSSR count). The van der Waals surface area contributed by atoms with Gasteiger partial charge in [0, 0.05) is 19.0 Å². The summed E-state index contributed by atoms with van der Waals surface area (Å²) in [6.45, 7) is 0. The van der Waals surface area contributed by atoms with Gasteiger partial charge in [0.15, 0.2) is 0 Å². The summed E-state index contributed by atoms with van der Waals surface area (Å²) in [6, 6.07) is 5.97. The summed E-state index contributed by atoms with van der Waals surface area (Å²) >= 11 is 0. The summed E-state index contributed by atoms with van der Waals surface area (Å²) in [7, 11) is 1.58. The van der Waals surface area contributed by atoms with E-state index in [1.165, 1.54) is 11.0 Å². The Balaban J connectivity index is 2.34. The third kappa shape index (κ3) is 1.61. The van der Waals surface area contributed by atoms with E-state index in [1.807, 2.05) is 0 Å². The minimum Gasteiger partial charge on any atom is -0.383 e. The lowest BCUT2D eigenvalue weighted by Gasteiger charge is -2.19. The van der Waals surface area contributed by atoms with Gasteiger partial charge in [-0.05, 0) is 6.07 Å². The van der Waals surface area contributed by atoms with E-state index in [1.54, 1.807) is 25.2 Å². The molecule has 3 nitrogen and oxygen atoms in total. The number of aliphatic hydroxyl groups is 1. The van der Waals surface area contributed by atoms with E-state index in [4.69, 9.17) is 0 Å². The van der Waals surface area contributed by atoms with Gasteiger partial charge in [-0.1, -0.05) is 18.2 Å². The van der Waals surface area contributed by atoms with Gasteiger partial charge in [-0.3, -0.25) is 4.79 Å². The number of benzene rings is 1. The SMILES string of the molecule is CN1C(=O)[C@@H](O)C[C@H]1c1ccccc1F. The van der Waals surface area contributed by atoms with Crippen LogP contribution in [0, 0.1) is 5.82 Å². The smallest absolute Gasteiger partial charge is 0.251 e. The fourth-order valence-electron chi connectivity index (χ4n) is 1.94. The number of rotatable bonds is 1. The number of aliphatic hydroxyl groups excluding tert-OH is 1. The van der Waals surface area contributed by atoms with E-state index in [-0.39, 0.29) is 24.2 Å². The quantitative estimate of drug-likeness (QED) is 0.752. The highest BCUT2D eigenvalue weighted by atomic mass is 19.1. The molecule has 4 heteroatoms. The summed E-state index contributed by atoms with van der Waals surface area (Å²) in [5, 5.41) is 9.38. The van der Waals surface area contributed by atoms with Crippen molar-refractivity contribution in [1.82, 2.24) is 4.90 Å². The molecule has 0 aliphatic carbocycles. The van der Waals surface area contributed by atoms with E-state index in [2.05, 4.69) is 0 Å². The third-order valence-corrected chi connectivity index (χ3v) is 2.81. The first kappa shape index (κ1) is 10.1. The van der Waals surface area contributed by atoms with Crippen LogP contribution < -0.4 is 0 Å². The van der Waals surface area contributed by atoms with Crippen LogP contribution in [0.5, 0.6) is 0 Å². The van der Waals surface area contributed by atoms with Crippen molar-refractivity contribution < 1.29 is 14.3 Å². The van der Waals surface area contributed by atoms with Crippen molar-refractivity contribution in [3.05, 3.63) is 35.6 Å². The van der Waals surface area contributed by atoms with Gasteiger partial charge in [0.2, 0.25) is 0 Å². The minimum atomic E-state index is -1.00. The van der Waals surface area contributed by atoms with E-state index < -0.39 is 6.10 Å². The van der Waals surface area contributed by atoms with Crippen molar-refractivity contribution in [1.29, 1.82) is 0 Å². The molecular weight excluding hydrogens is 197 g/mol. The molecule has 15 heavy (non-hydrogen) atoms. The number of hydrogen-bond acceptors (Lipinski definition) is 2. The standard InChI is InChI=1S/C11H12FNO2/c1-13-9(6-10(14)11(13)15)7-4-2-3-5-8(7)12/h2-5,9-10,14H,6H2,1H3/t9-,10-/m0/s1. The second-order valence-electron chi connectivity index (χ2n) is 3.74. The Bertz CT molecular complexity index is 394. The maximum atomic E-state index is 13.4. The van der Waals surface area contributed by atoms with Crippen LogP contribution in [0.4, 0.5) is 4.39 Å². The zero-order chi connectivity index (χ0) is 11.0. The summed E-state index contributed by atoms with van der Waals surface area (Å²) < 4.78 is 13.4. The Morgan fingerprint density at radius 1 is 1.47 bits per heavy atom. The Labute approximate surface area is 87.1 Å². The second-order valence-corrected chi connectivity index (χ2v) is 3.74. The van der Waals surface area contributed by atoms with Gasteiger partial charge in [0.05, 0.1) is 6.04 Å². The Morgan fingerprint density at radius 3 is 2.67 bits per heavy atom. The van der Waals surface area contributed by atoms with E-state index in [0.717, 1.165) is 0 Å². The monoisotopic (exact) mass is 209 g/mol. The molecule has 1 aromatic carbocycles. The molecule has 1 aliphatic rings. The number of likely N-dealkylation sites (tertiary alicyclic amines) is 1. The fourth-order valence-corrected chi connectivity index (χ4v) is 1.94. The predicted octanol–water partition coefficient (Wildman–Crippen LogP) is 1.09. The van der Waals surface area contributed by atoms with E-state index >= 15 is 0 Å². The predicted molar refractivity (Wildman–Crippen MR) is 52.5 cm³/mol. The molecule has 0 aromatic heterocycles. The normalized spacial score (nSPS) is 26.1. The molecule has 1 N–H and O–H groups in total. The minimum absolute atomic E-state index is 0.260. The molecule has 0 bridgehead atoms. The molecular formula is C11H12FNO2. The molecule has 1 heterocycles. The molecule has 0 spiro atoms. The van der Waals surface area contributed by atoms with Crippen LogP contribution in [0.2, 0.25) is 0 Å². The van der Waals surface area contributed by atoms with Crippen LogP contribution in [0.1, 0.15) is 18.0 Å². The zero-order valence-electron chi connectivity index (χ0n) is 8.35. The topological polar surface area (TPSA) is 40.5 Å². The molecule has 1 amide bonds. The first-order valence-corrected chi connectivity index (χ1v) is 4.80. The van der Waals surface area contributed by atoms with Crippen molar-refractivity contribution in [2.45, 2.75) is 18.6 Å². The number of hydrogen-bond donors (Lipinski definition) is 1. The van der Waals surface area contributed by atoms with Crippen molar-refractivity contribution in [2.75, 3.05) is 7.05 Å². The van der Waals surface area contributed by atoms with Crippen molar-refractivity contribution in [3.8, 4) is 0 Å². The Kier molecular flexibility index (Phi) is 2.44. The van der Waals surface area contributed by atoms with Crippen LogP contribution in [-0.4, -0.2) is 29.1 Å². The van der Waals surface area contributed by atoms with Crippen LogP contribution in [-0.2, 0) is 4.79 Å². The maximum absolute atomic E-state index is 13.4. The summed E-state index contributed by atoms with van der Waals surface area (Å²) in [5.74, 6) is -0.681. The van der Waals surface area contributed by atoms with Crippen LogP contribution in [0.25, 0.3) is 0 Å². The van der Waals surface area contributed by atoms with E-state index in [9.17, 15) is 14.3 Å². The first-order chi connectivity index (χ1) is 7.11. The van der Waals surface area contributed by atoms with Gasteiger partial charge in [0.1, 0.15) is 11.9 Å². The largest absolute Gasteiger partial charge is 0.383 e. The summed E-state index contributed by atoms with van der Waals surface area (Å²) in [5.41, 5.74) is 0.463. The maximum Gasteiger partial charge on any atom is 0.251 e. The van der Waals surface area contributed by atoms with Gasteiger partial charge in [-0.2, -0.15) is 0 Å². The van der Waals surface area contributed by atoms with Gasteiger partial charge >= 0.3 is 0 Å². The highest BCUT2D eigenvalue weighted by Crippen LogP contribution is 2.32. The van der Waals surface area contributed by atoms with Gasteiger partial charge in [-0.15, -0.1) is 0 Å². The van der Waals surface area contributed by atoms with Crippen LogP contribution >= 0.6 is 0 Å². The zero-order valence-corrected chi connectivity index (χ0v) is 8.35. The highest BCUT2D eigenvalue weighted by Gasteiger charge is 2.37. The third-order valence-electron chi connectivity index (χ3n) is 2.81. The molecule has 80 valence electrons. The van der Waals surface area contributed by atoms with Crippen LogP contribution in [0.3, 0.4) is 0 Å². The lowest BCUT2D eigenvalue weighted by molar-refractivity contribution is -0.134. The van der Waals surface area contributed by atoms with Crippen molar-refractivity contribution in [3.63, 3.8) is 0 Å². The lowest BCUT2D eigenvalue weighted by atomic mass is 10.0. The number of amides is 1. The summed E-state index contributed by atoms with van der Waals surface area (Å²) in [6.07, 6.45) is -0.740. The number of carbonyl (C=O) groups excluding carboxylic acids is 1.